The Morgan fingerprint density at radius 1 is 1.22 bits per heavy atom. The molecule has 8 nitrogen and oxygen atoms in total. The normalized spacial score (nSPS) is 32.3. The standard InChI is InChI=1S/C27H38BrN3O5/c1-4-6-12-29-25(34)23-27-13-18(28)22(36-27)20(24(33)30-14-17-10-8-7-9-11-17)21(27)26(35)31(23)19(15-32)16(3)5-2/h7-11,16,18-23,32H,4-6,12-15H2,1-3H3,(H,29,34)(H,30,33)/t16-,18?,19-,20+,21-,22+,23?,27?/m0/s1. The van der Waals surface area contributed by atoms with E-state index < -0.39 is 35.6 Å². The van der Waals surface area contributed by atoms with Crippen LogP contribution < -0.4 is 10.6 Å². The number of carbonyl (C=O) groups is 3. The van der Waals surface area contributed by atoms with Crippen LogP contribution in [0.1, 0.15) is 52.0 Å². The van der Waals surface area contributed by atoms with E-state index in [0.717, 1.165) is 24.8 Å². The van der Waals surface area contributed by atoms with E-state index in [0.29, 0.717) is 19.5 Å². The Labute approximate surface area is 221 Å². The van der Waals surface area contributed by atoms with Crippen molar-refractivity contribution in [2.24, 2.45) is 17.8 Å². The number of amides is 3. The predicted octanol–water partition coefficient (Wildman–Crippen LogP) is 2.37. The number of rotatable bonds is 11. The second-order valence-electron chi connectivity index (χ2n) is 10.4. The minimum absolute atomic E-state index is 0.0255. The second-order valence-corrected chi connectivity index (χ2v) is 11.6. The number of nitrogens with zero attached hydrogens (tertiary/aromatic N) is 1. The third-order valence-electron chi connectivity index (χ3n) is 8.26. The van der Waals surface area contributed by atoms with E-state index >= 15 is 0 Å². The van der Waals surface area contributed by atoms with Crippen LogP contribution in [0.4, 0.5) is 0 Å². The average molecular weight is 565 g/mol. The van der Waals surface area contributed by atoms with Crippen LogP contribution >= 0.6 is 15.9 Å². The van der Waals surface area contributed by atoms with E-state index in [1.54, 1.807) is 4.90 Å². The fourth-order valence-electron chi connectivity index (χ4n) is 6.23. The SMILES string of the molecule is CCCCNC(=O)C1N([C@@H](CO)[C@@H](C)CC)C(=O)[C@@H]2[C@@H](C(=O)NCc3ccccc3)[C@@H]3OC12CC3Br. The Morgan fingerprint density at radius 3 is 2.58 bits per heavy atom. The minimum atomic E-state index is -1.11. The molecule has 0 saturated carbocycles. The third kappa shape index (κ3) is 4.58. The Morgan fingerprint density at radius 2 is 1.94 bits per heavy atom. The average Bonchev–Trinajstić information content (AvgIpc) is 3.47. The molecule has 9 heteroatoms. The van der Waals surface area contributed by atoms with Gasteiger partial charge in [-0.05, 0) is 24.3 Å². The van der Waals surface area contributed by atoms with Crippen LogP contribution in [0.2, 0.25) is 0 Å². The van der Waals surface area contributed by atoms with Crippen molar-refractivity contribution in [3.63, 3.8) is 0 Å². The van der Waals surface area contributed by atoms with Crippen LogP contribution in [-0.2, 0) is 25.7 Å². The highest BCUT2D eigenvalue weighted by Gasteiger charge is 2.77. The maximum atomic E-state index is 14.1. The highest BCUT2D eigenvalue weighted by atomic mass is 79.9. The summed E-state index contributed by atoms with van der Waals surface area (Å²) in [5.41, 5.74) is -0.147. The number of ether oxygens (including phenoxy) is 1. The zero-order valence-electron chi connectivity index (χ0n) is 21.3. The number of likely N-dealkylation sites (tertiary alicyclic amines) is 1. The van der Waals surface area contributed by atoms with Gasteiger partial charge in [-0.25, -0.2) is 0 Å². The molecule has 2 bridgehead atoms. The lowest BCUT2D eigenvalue weighted by molar-refractivity contribution is -0.147. The lowest BCUT2D eigenvalue weighted by Crippen LogP contribution is -2.59. The number of alkyl halides is 1. The van der Waals surface area contributed by atoms with Gasteiger partial charge in [0.1, 0.15) is 11.6 Å². The van der Waals surface area contributed by atoms with Crippen molar-refractivity contribution in [2.45, 2.75) is 81.6 Å². The van der Waals surface area contributed by atoms with Gasteiger partial charge in [0.15, 0.2) is 0 Å². The molecular formula is C27H38BrN3O5. The number of unbranched alkanes of at least 4 members (excludes halogenated alkanes) is 1. The highest BCUT2D eigenvalue weighted by Crippen LogP contribution is 2.60. The van der Waals surface area contributed by atoms with Crippen molar-refractivity contribution < 1.29 is 24.2 Å². The molecule has 198 valence electrons. The van der Waals surface area contributed by atoms with Crippen LogP contribution in [0.15, 0.2) is 30.3 Å². The second kappa shape index (κ2) is 11.2. The molecule has 0 aliphatic carbocycles. The van der Waals surface area contributed by atoms with Crippen molar-refractivity contribution >= 4 is 33.7 Å². The van der Waals surface area contributed by atoms with Gasteiger partial charge in [-0.1, -0.05) is 79.9 Å². The fraction of sp³-hybridized carbons (Fsp3) is 0.667. The lowest BCUT2D eigenvalue weighted by Gasteiger charge is -2.38. The van der Waals surface area contributed by atoms with Crippen LogP contribution in [0.5, 0.6) is 0 Å². The molecule has 0 aromatic heterocycles. The Kier molecular flexibility index (Phi) is 8.42. The molecule has 3 aliphatic rings. The molecule has 1 aromatic carbocycles. The predicted molar refractivity (Wildman–Crippen MR) is 139 cm³/mol. The lowest BCUT2D eigenvalue weighted by atomic mass is 9.70. The molecule has 4 rings (SSSR count). The zero-order chi connectivity index (χ0) is 26.0. The molecule has 8 atom stereocenters. The minimum Gasteiger partial charge on any atom is -0.394 e. The molecule has 3 N–H and O–H groups in total. The molecule has 1 spiro atoms. The van der Waals surface area contributed by atoms with E-state index in [2.05, 4.69) is 26.6 Å². The maximum Gasteiger partial charge on any atom is 0.245 e. The van der Waals surface area contributed by atoms with E-state index in [-0.39, 0.29) is 35.1 Å². The number of hydrogen-bond acceptors (Lipinski definition) is 5. The summed E-state index contributed by atoms with van der Waals surface area (Å²) in [4.78, 5) is 42.7. The number of aliphatic hydroxyl groups is 1. The highest BCUT2D eigenvalue weighted by molar-refractivity contribution is 9.09. The molecule has 3 unspecified atom stereocenters. The summed E-state index contributed by atoms with van der Waals surface area (Å²) in [7, 11) is 0. The summed E-state index contributed by atoms with van der Waals surface area (Å²) in [5.74, 6) is -2.30. The van der Waals surface area contributed by atoms with Crippen molar-refractivity contribution in [3.05, 3.63) is 35.9 Å². The quantitative estimate of drug-likeness (QED) is 0.283. The molecule has 3 aliphatic heterocycles. The van der Waals surface area contributed by atoms with Gasteiger partial charge < -0.3 is 25.4 Å². The van der Waals surface area contributed by atoms with Crippen LogP contribution in [0, 0.1) is 17.8 Å². The summed E-state index contributed by atoms with van der Waals surface area (Å²) >= 11 is 3.69. The topological polar surface area (TPSA) is 108 Å². The number of benzene rings is 1. The summed E-state index contributed by atoms with van der Waals surface area (Å²) in [5, 5.41) is 16.3. The van der Waals surface area contributed by atoms with Gasteiger partial charge in [0.25, 0.3) is 0 Å². The van der Waals surface area contributed by atoms with Gasteiger partial charge in [0, 0.05) is 17.9 Å². The molecule has 3 fully saturated rings. The van der Waals surface area contributed by atoms with E-state index in [4.69, 9.17) is 4.74 Å². The van der Waals surface area contributed by atoms with E-state index in [1.807, 2.05) is 51.1 Å². The van der Waals surface area contributed by atoms with Crippen LogP contribution in [0.25, 0.3) is 0 Å². The van der Waals surface area contributed by atoms with Gasteiger partial charge in [0.2, 0.25) is 17.7 Å². The van der Waals surface area contributed by atoms with Crippen LogP contribution in [0.3, 0.4) is 0 Å². The van der Waals surface area contributed by atoms with Crippen molar-refractivity contribution in [1.82, 2.24) is 15.5 Å². The Balaban J connectivity index is 1.67. The molecular weight excluding hydrogens is 526 g/mol. The number of halogens is 1. The van der Waals surface area contributed by atoms with Crippen molar-refractivity contribution in [3.8, 4) is 0 Å². The number of carbonyl (C=O) groups excluding carboxylic acids is 3. The number of fused-ring (bicyclic) bond motifs is 1. The summed E-state index contributed by atoms with van der Waals surface area (Å²) < 4.78 is 6.52. The first-order valence-electron chi connectivity index (χ1n) is 13.1. The summed E-state index contributed by atoms with van der Waals surface area (Å²) in [6, 6.07) is 8.18. The fourth-order valence-corrected chi connectivity index (χ4v) is 7.17. The molecule has 36 heavy (non-hydrogen) atoms. The molecule has 3 saturated heterocycles. The monoisotopic (exact) mass is 563 g/mol. The summed E-state index contributed by atoms with van der Waals surface area (Å²) in [6.07, 6.45) is 2.45. The smallest absolute Gasteiger partial charge is 0.245 e. The van der Waals surface area contributed by atoms with E-state index in [1.165, 1.54) is 0 Å². The van der Waals surface area contributed by atoms with E-state index in [9.17, 15) is 19.5 Å². The van der Waals surface area contributed by atoms with Gasteiger partial charge in [-0.3, -0.25) is 14.4 Å². The molecule has 0 radical (unpaired) electrons. The number of nitrogens with one attached hydrogen (secondary N) is 2. The first kappa shape index (κ1) is 27.1. The molecule has 3 heterocycles. The van der Waals surface area contributed by atoms with Gasteiger partial charge >= 0.3 is 0 Å². The summed E-state index contributed by atoms with van der Waals surface area (Å²) in [6.45, 7) is 6.62. The largest absolute Gasteiger partial charge is 0.394 e. The molecule has 1 aromatic rings. The first-order valence-corrected chi connectivity index (χ1v) is 14.1. The van der Waals surface area contributed by atoms with Gasteiger partial charge in [-0.15, -0.1) is 0 Å². The first-order chi connectivity index (χ1) is 17.3. The van der Waals surface area contributed by atoms with Gasteiger partial charge in [-0.2, -0.15) is 0 Å². The number of aliphatic hydroxyl groups excluding tert-OH is 1. The third-order valence-corrected chi connectivity index (χ3v) is 9.11. The Hall–Kier alpha value is -1.97. The van der Waals surface area contributed by atoms with Gasteiger partial charge in [0.05, 0.1) is 30.6 Å². The van der Waals surface area contributed by atoms with Crippen LogP contribution in [-0.4, -0.2) is 69.5 Å². The Bertz CT molecular complexity index is 962. The molecule has 3 amide bonds. The maximum absolute atomic E-state index is 14.1. The number of hydrogen-bond donors (Lipinski definition) is 3. The zero-order valence-corrected chi connectivity index (χ0v) is 22.9. The van der Waals surface area contributed by atoms with Crippen molar-refractivity contribution in [1.29, 1.82) is 0 Å². The van der Waals surface area contributed by atoms with Crippen molar-refractivity contribution in [2.75, 3.05) is 13.2 Å².